The lowest BCUT2D eigenvalue weighted by Crippen LogP contribution is -2.50. The van der Waals surface area contributed by atoms with E-state index < -0.39 is 0 Å². The fourth-order valence-electron chi connectivity index (χ4n) is 3.80. The van der Waals surface area contributed by atoms with E-state index in [1.165, 1.54) is 16.7 Å². The van der Waals surface area contributed by atoms with Gasteiger partial charge in [-0.15, -0.1) is 0 Å². The van der Waals surface area contributed by atoms with Crippen LogP contribution in [-0.4, -0.2) is 52.9 Å². The van der Waals surface area contributed by atoms with Crippen LogP contribution < -0.4 is 5.32 Å². The molecule has 1 amide bonds. The number of nitrogens with zero attached hydrogens (tertiary/aromatic N) is 3. The molecule has 2 aliphatic rings. The van der Waals surface area contributed by atoms with Crippen molar-refractivity contribution in [2.45, 2.75) is 38.4 Å². The number of pyridine rings is 1. The summed E-state index contributed by atoms with van der Waals surface area (Å²) in [5.74, 6) is 0.244. The molecule has 5 heteroatoms. The van der Waals surface area contributed by atoms with Gasteiger partial charge in [-0.1, -0.05) is 35.9 Å². The predicted octanol–water partition coefficient (Wildman–Crippen LogP) is 2.53. The first-order valence-electron chi connectivity index (χ1n) is 9.90. The number of hydrogen-bond donors (Lipinski definition) is 1. The number of carbonyl (C=O) groups is 1. The number of piperazine rings is 1. The quantitative estimate of drug-likeness (QED) is 0.856. The molecule has 1 aliphatic heterocycles. The van der Waals surface area contributed by atoms with E-state index in [2.05, 4.69) is 57.4 Å². The third-order valence-electron chi connectivity index (χ3n) is 5.54. The third-order valence-corrected chi connectivity index (χ3v) is 5.54. The molecule has 2 fully saturated rings. The zero-order valence-electron chi connectivity index (χ0n) is 16.0. The molecule has 1 aliphatic carbocycles. The average molecular weight is 364 g/mol. The summed E-state index contributed by atoms with van der Waals surface area (Å²) in [7, 11) is 0. The van der Waals surface area contributed by atoms with Crippen molar-refractivity contribution in [2.75, 3.05) is 26.2 Å². The van der Waals surface area contributed by atoms with E-state index in [1.54, 1.807) is 6.20 Å². The second kappa shape index (κ2) is 8.19. The Morgan fingerprint density at radius 3 is 2.78 bits per heavy atom. The van der Waals surface area contributed by atoms with Gasteiger partial charge in [0.2, 0.25) is 5.91 Å². The molecule has 27 heavy (non-hydrogen) atoms. The van der Waals surface area contributed by atoms with Crippen LogP contribution in [0.3, 0.4) is 0 Å². The van der Waals surface area contributed by atoms with Crippen LogP contribution in [0.5, 0.6) is 0 Å². The van der Waals surface area contributed by atoms with Crippen molar-refractivity contribution in [3.8, 4) is 0 Å². The number of aromatic nitrogens is 1. The van der Waals surface area contributed by atoms with Gasteiger partial charge in [-0.3, -0.25) is 14.7 Å². The molecule has 4 rings (SSSR count). The molecule has 0 spiro atoms. The molecule has 0 bridgehead atoms. The monoisotopic (exact) mass is 364 g/mol. The molecule has 142 valence electrons. The van der Waals surface area contributed by atoms with Crippen LogP contribution in [0.25, 0.3) is 0 Å². The summed E-state index contributed by atoms with van der Waals surface area (Å²) in [6.07, 6.45) is 5.97. The lowest BCUT2D eigenvalue weighted by Gasteiger charge is -2.37. The smallest absolute Gasteiger partial charge is 0.237 e. The third kappa shape index (κ3) is 4.54. The molecule has 1 saturated carbocycles. The number of aryl methyl sites for hydroxylation is 1. The maximum absolute atomic E-state index is 13.2. The molecule has 1 N–H and O–H groups in total. The Kier molecular flexibility index (Phi) is 5.50. The maximum Gasteiger partial charge on any atom is 0.237 e. The van der Waals surface area contributed by atoms with Gasteiger partial charge in [-0.25, -0.2) is 0 Å². The Hall–Kier alpha value is -2.24. The van der Waals surface area contributed by atoms with E-state index in [0.717, 1.165) is 32.5 Å². The Bertz CT molecular complexity index is 758. The van der Waals surface area contributed by atoms with Crippen LogP contribution in [-0.2, 0) is 11.3 Å². The van der Waals surface area contributed by atoms with Gasteiger partial charge in [0.25, 0.3) is 0 Å². The Morgan fingerprint density at radius 2 is 2.07 bits per heavy atom. The normalized spacial score (nSPS) is 20.4. The standard InChI is InChI=1S/C22H28N4O/c1-17-4-6-18(7-5-17)15-26(20-8-9-20)22(27)16-25-12-11-24-14-21(25)19-3-2-10-23-13-19/h2-7,10,13,20-21,24H,8-9,11-12,14-16H2,1H3. The molecule has 1 atom stereocenters. The zero-order valence-corrected chi connectivity index (χ0v) is 16.0. The minimum Gasteiger partial charge on any atom is -0.334 e. The Balaban J connectivity index is 1.45. The van der Waals surface area contributed by atoms with Crippen molar-refractivity contribution in [2.24, 2.45) is 0 Å². The van der Waals surface area contributed by atoms with Crippen LogP contribution in [0.1, 0.15) is 35.6 Å². The van der Waals surface area contributed by atoms with Crippen LogP contribution in [0.4, 0.5) is 0 Å². The van der Waals surface area contributed by atoms with Crippen molar-refractivity contribution in [3.63, 3.8) is 0 Å². The van der Waals surface area contributed by atoms with Crippen LogP contribution >= 0.6 is 0 Å². The summed E-state index contributed by atoms with van der Waals surface area (Å²) in [6.45, 7) is 5.95. The van der Waals surface area contributed by atoms with E-state index in [4.69, 9.17) is 0 Å². The molecule has 1 saturated heterocycles. The van der Waals surface area contributed by atoms with Crippen LogP contribution in [0.15, 0.2) is 48.8 Å². The van der Waals surface area contributed by atoms with Gasteiger partial charge in [0.15, 0.2) is 0 Å². The second-order valence-corrected chi connectivity index (χ2v) is 7.72. The summed E-state index contributed by atoms with van der Waals surface area (Å²) >= 11 is 0. The van der Waals surface area contributed by atoms with Crippen molar-refractivity contribution in [3.05, 3.63) is 65.5 Å². The molecule has 2 aromatic rings. The molecular formula is C22H28N4O. The number of benzene rings is 1. The number of rotatable bonds is 6. The van der Waals surface area contributed by atoms with Gasteiger partial charge < -0.3 is 10.2 Å². The molecule has 1 aromatic carbocycles. The van der Waals surface area contributed by atoms with E-state index in [9.17, 15) is 4.79 Å². The summed E-state index contributed by atoms with van der Waals surface area (Å²) in [5.41, 5.74) is 3.64. The van der Waals surface area contributed by atoms with Crippen LogP contribution in [0.2, 0.25) is 0 Å². The van der Waals surface area contributed by atoms with Gasteiger partial charge >= 0.3 is 0 Å². The van der Waals surface area contributed by atoms with Gasteiger partial charge in [0.1, 0.15) is 0 Å². The lowest BCUT2D eigenvalue weighted by molar-refractivity contribution is -0.134. The van der Waals surface area contributed by atoms with E-state index in [0.29, 0.717) is 19.1 Å². The fraction of sp³-hybridized carbons (Fsp3) is 0.455. The SMILES string of the molecule is Cc1ccc(CN(C(=O)CN2CCNCC2c2cccnc2)C2CC2)cc1. The first kappa shape index (κ1) is 18.1. The number of hydrogen-bond acceptors (Lipinski definition) is 4. The van der Waals surface area contributed by atoms with Crippen LogP contribution in [0, 0.1) is 6.92 Å². The van der Waals surface area contributed by atoms with Crippen molar-refractivity contribution >= 4 is 5.91 Å². The number of nitrogens with one attached hydrogen (secondary N) is 1. The first-order chi connectivity index (χ1) is 13.2. The van der Waals surface area contributed by atoms with Crippen molar-refractivity contribution in [1.82, 2.24) is 20.1 Å². The first-order valence-corrected chi connectivity index (χ1v) is 9.90. The fourth-order valence-corrected chi connectivity index (χ4v) is 3.80. The average Bonchev–Trinajstić information content (AvgIpc) is 3.53. The van der Waals surface area contributed by atoms with Gasteiger partial charge in [0.05, 0.1) is 6.54 Å². The van der Waals surface area contributed by atoms with E-state index >= 15 is 0 Å². The topological polar surface area (TPSA) is 48.5 Å². The van der Waals surface area contributed by atoms with Gasteiger partial charge in [-0.05, 0) is 37.0 Å². The van der Waals surface area contributed by atoms with Crippen molar-refractivity contribution in [1.29, 1.82) is 0 Å². The minimum atomic E-state index is 0.205. The highest BCUT2D eigenvalue weighted by Gasteiger charge is 2.34. The molecule has 0 radical (unpaired) electrons. The molecule has 1 unspecified atom stereocenters. The predicted molar refractivity (Wildman–Crippen MR) is 106 cm³/mol. The highest BCUT2D eigenvalue weighted by Crippen LogP contribution is 2.29. The molecule has 1 aromatic heterocycles. The molecule has 5 nitrogen and oxygen atoms in total. The summed E-state index contributed by atoms with van der Waals surface area (Å²) in [5, 5.41) is 3.45. The zero-order chi connectivity index (χ0) is 18.6. The van der Waals surface area contributed by atoms with Gasteiger partial charge in [-0.2, -0.15) is 0 Å². The Morgan fingerprint density at radius 1 is 1.26 bits per heavy atom. The van der Waals surface area contributed by atoms with E-state index in [1.807, 2.05) is 12.3 Å². The minimum absolute atomic E-state index is 0.205. The second-order valence-electron chi connectivity index (χ2n) is 7.72. The van der Waals surface area contributed by atoms with Crippen molar-refractivity contribution < 1.29 is 4.79 Å². The number of carbonyl (C=O) groups excluding carboxylic acids is 1. The summed E-state index contributed by atoms with van der Waals surface area (Å²) in [6, 6.07) is 13.2. The highest BCUT2D eigenvalue weighted by atomic mass is 16.2. The maximum atomic E-state index is 13.2. The molecular weight excluding hydrogens is 336 g/mol. The van der Waals surface area contributed by atoms with E-state index in [-0.39, 0.29) is 11.9 Å². The largest absolute Gasteiger partial charge is 0.334 e. The molecule has 2 heterocycles. The summed E-state index contributed by atoms with van der Waals surface area (Å²) in [4.78, 5) is 21.8. The Labute approximate surface area is 161 Å². The van der Waals surface area contributed by atoms with Gasteiger partial charge in [0, 0.05) is 50.7 Å². The summed E-state index contributed by atoms with van der Waals surface area (Å²) < 4.78 is 0. The highest BCUT2D eigenvalue weighted by molar-refractivity contribution is 5.79. The number of amides is 1. The lowest BCUT2D eigenvalue weighted by atomic mass is 10.1.